The zero-order valence-electron chi connectivity index (χ0n) is 12.4. The molecule has 1 aromatic heterocycles. The molecule has 0 atom stereocenters. The topological polar surface area (TPSA) is 71.7 Å². The fraction of sp³-hybridized carbons (Fsp3) is 0.714. The summed E-state index contributed by atoms with van der Waals surface area (Å²) in [7, 11) is 0. The first-order valence-corrected chi connectivity index (χ1v) is 8.23. The number of piperazine rings is 1. The molecule has 0 radical (unpaired) electrons. The van der Waals surface area contributed by atoms with Crippen LogP contribution in [-0.2, 0) is 9.53 Å². The Balaban J connectivity index is 1.59. The van der Waals surface area contributed by atoms with Crippen LogP contribution in [0.1, 0.15) is 17.7 Å². The Morgan fingerprint density at radius 2 is 2.00 bits per heavy atom. The molecule has 0 aliphatic carbocycles. The predicted molar refractivity (Wildman–Crippen MR) is 82.6 cm³/mol. The molecule has 2 aliphatic rings. The summed E-state index contributed by atoms with van der Waals surface area (Å²) in [6.07, 6.45) is 3.14. The molecule has 1 amide bonds. The SMILES string of the molecule is Cc1cnc(N2CCN(C(=O)C3(N)CCOCC3)CC2)s1. The van der Waals surface area contributed by atoms with Gasteiger partial charge in [0.25, 0.3) is 0 Å². The molecule has 3 rings (SSSR count). The van der Waals surface area contributed by atoms with Crippen molar-refractivity contribution in [2.45, 2.75) is 25.3 Å². The van der Waals surface area contributed by atoms with Gasteiger partial charge in [-0.2, -0.15) is 0 Å². The van der Waals surface area contributed by atoms with Crippen LogP contribution >= 0.6 is 11.3 Å². The van der Waals surface area contributed by atoms with Crippen LogP contribution in [0.5, 0.6) is 0 Å². The second-order valence-corrected chi connectivity index (χ2v) is 7.01. The second kappa shape index (κ2) is 5.90. The van der Waals surface area contributed by atoms with Crippen LogP contribution in [0, 0.1) is 6.92 Å². The van der Waals surface area contributed by atoms with E-state index in [2.05, 4.69) is 16.8 Å². The highest BCUT2D eigenvalue weighted by molar-refractivity contribution is 7.15. The second-order valence-electron chi connectivity index (χ2n) is 5.80. The maximum atomic E-state index is 12.6. The average Bonchev–Trinajstić information content (AvgIpc) is 2.94. The summed E-state index contributed by atoms with van der Waals surface area (Å²) in [4.78, 5) is 22.4. The van der Waals surface area contributed by atoms with Crippen molar-refractivity contribution >= 4 is 22.4 Å². The number of aryl methyl sites for hydroxylation is 1. The molecule has 7 heteroatoms. The van der Waals surface area contributed by atoms with E-state index < -0.39 is 5.54 Å². The number of hydrogen-bond donors (Lipinski definition) is 1. The van der Waals surface area contributed by atoms with E-state index in [-0.39, 0.29) is 5.91 Å². The standard InChI is InChI=1S/C14H22N4O2S/c1-11-10-16-13(21-11)18-6-4-17(5-7-18)12(19)14(15)2-8-20-9-3-14/h10H,2-9,15H2,1H3. The van der Waals surface area contributed by atoms with Crippen LogP contribution in [-0.4, -0.2) is 60.7 Å². The lowest BCUT2D eigenvalue weighted by Gasteiger charge is -2.40. The quantitative estimate of drug-likeness (QED) is 0.866. The summed E-state index contributed by atoms with van der Waals surface area (Å²) in [5.74, 6) is 0.0840. The third kappa shape index (κ3) is 3.04. The first-order chi connectivity index (χ1) is 10.1. The number of thiazole rings is 1. The predicted octanol–water partition coefficient (Wildman–Crippen LogP) is 0.608. The fourth-order valence-corrected chi connectivity index (χ4v) is 3.66. The Kier molecular flexibility index (Phi) is 4.14. The molecule has 2 saturated heterocycles. The number of amides is 1. The molecule has 0 unspecified atom stereocenters. The highest BCUT2D eigenvalue weighted by atomic mass is 32.1. The average molecular weight is 310 g/mol. The van der Waals surface area contributed by atoms with Gasteiger partial charge in [0.1, 0.15) is 0 Å². The highest BCUT2D eigenvalue weighted by Gasteiger charge is 2.39. The van der Waals surface area contributed by atoms with Gasteiger partial charge in [0.05, 0.1) is 5.54 Å². The third-order valence-electron chi connectivity index (χ3n) is 4.26. The van der Waals surface area contributed by atoms with Crippen molar-refractivity contribution in [1.82, 2.24) is 9.88 Å². The van der Waals surface area contributed by atoms with Crippen LogP contribution in [0.25, 0.3) is 0 Å². The van der Waals surface area contributed by atoms with Gasteiger partial charge in [0.15, 0.2) is 5.13 Å². The van der Waals surface area contributed by atoms with Crippen LogP contribution in [0.2, 0.25) is 0 Å². The molecule has 0 saturated carbocycles. The minimum absolute atomic E-state index is 0.0840. The first kappa shape index (κ1) is 14.7. The molecular weight excluding hydrogens is 288 g/mol. The maximum absolute atomic E-state index is 12.6. The smallest absolute Gasteiger partial charge is 0.242 e. The van der Waals surface area contributed by atoms with Gasteiger partial charge in [-0.25, -0.2) is 4.98 Å². The largest absolute Gasteiger partial charge is 0.381 e. The van der Waals surface area contributed by atoms with E-state index in [1.165, 1.54) is 4.88 Å². The number of aromatic nitrogens is 1. The van der Waals surface area contributed by atoms with Crippen molar-refractivity contribution in [3.63, 3.8) is 0 Å². The number of nitrogens with two attached hydrogens (primary N) is 1. The van der Waals surface area contributed by atoms with Crippen molar-refractivity contribution in [2.24, 2.45) is 5.73 Å². The monoisotopic (exact) mass is 310 g/mol. The maximum Gasteiger partial charge on any atom is 0.242 e. The lowest BCUT2D eigenvalue weighted by Crippen LogP contribution is -2.61. The van der Waals surface area contributed by atoms with Crippen molar-refractivity contribution in [1.29, 1.82) is 0 Å². The molecule has 0 spiro atoms. The number of carbonyl (C=O) groups is 1. The number of anilines is 1. The zero-order valence-corrected chi connectivity index (χ0v) is 13.2. The summed E-state index contributed by atoms with van der Waals surface area (Å²) in [6.45, 7) is 6.32. The Labute approximate surface area is 128 Å². The lowest BCUT2D eigenvalue weighted by molar-refractivity contribution is -0.140. The van der Waals surface area contributed by atoms with E-state index in [4.69, 9.17) is 10.5 Å². The Morgan fingerprint density at radius 3 is 2.57 bits per heavy atom. The Bertz CT molecular complexity index is 505. The number of nitrogens with zero attached hydrogens (tertiary/aromatic N) is 3. The summed E-state index contributed by atoms with van der Waals surface area (Å²) < 4.78 is 5.31. The molecule has 1 aromatic rings. The molecular formula is C14H22N4O2S. The third-order valence-corrected chi connectivity index (χ3v) is 5.23. The number of hydrogen-bond acceptors (Lipinski definition) is 6. The zero-order chi connectivity index (χ0) is 14.9. The van der Waals surface area contributed by atoms with Crippen LogP contribution in [0.15, 0.2) is 6.20 Å². The fourth-order valence-electron chi connectivity index (χ4n) is 2.85. The van der Waals surface area contributed by atoms with Crippen LogP contribution in [0.4, 0.5) is 5.13 Å². The molecule has 0 aromatic carbocycles. The van der Waals surface area contributed by atoms with Gasteiger partial charge < -0.3 is 20.3 Å². The minimum atomic E-state index is -0.724. The number of rotatable bonds is 2. The van der Waals surface area contributed by atoms with Crippen molar-refractivity contribution in [2.75, 3.05) is 44.3 Å². The Hall–Kier alpha value is -1.18. The van der Waals surface area contributed by atoms with Crippen molar-refractivity contribution in [3.05, 3.63) is 11.1 Å². The normalized spacial score (nSPS) is 22.4. The van der Waals surface area contributed by atoms with Crippen LogP contribution < -0.4 is 10.6 Å². The molecule has 21 heavy (non-hydrogen) atoms. The molecule has 2 aliphatic heterocycles. The van der Waals surface area contributed by atoms with Gasteiger partial charge in [0.2, 0.25) is 5.91 Å². The summed E-state index contributed by atoms with van der Waals surface area (Å²) in [5, 5.41) is 1.05. The van der Waals surface area contributed by atoms with E-state index in [0.29, 0.717) is 26.1 Å². The van der Waals surface area contributed by atoms with Crippen LogP contribution in [0.3, 0.4) is 0 Å². The number of ether oxygens (including phenoxy) is 1. The molecule has 2 N–H and O–H groups in total. The lowest BCUT2D eigenvalue weighted by atomic mass is 9.89. The van der Waals surface area contributed by atoms with Gasteiger partial charge in [-0.3, -0.25) is 4.79 Å². The highest BCUT2D eigenvalue weighted by Crippen LogP contribution is 2.25. The molecule has 116 valence electrons. The number of carbonyl (C=O) groups excluding carboxylic acids is 1. The van der Waals surface area contributed by atoms with Gasteiger partial charge in [-0.15, -0.1) is 11.3 Å². The summed E-state index contributed by atoms with van der Waals surface area (Å²) in [5.41, 5.74) is 5.56. The Morgan fingerprint density at radius 1 is 1.33 bits per heavy atom. The minimum Gasteiger partial charge on any atom is -0.381 e. The van der Waals surface area contributed by atoms with E-state index in [9.17, 15) is 4.79 Å². The first-order valence-electron chi connectivity index (χ1n) is 7.42. The molecule has 6 nitrogen and oxygen atoms in total. The van der Waals surface area contributed by atoms with Gasteiger partial charge in [-0.1, -0.05) is 0 Å². The molecule has 3 heterocycles. The molecule has 2 fully saturated rings. The van der Waals surface area contributed by atoms with Gasteiger partial charge >= 0.3 is 0 Å². The summed E-state index contributed by atoms with van der Waals surface area (Å²) in [6, 6.07) is 0. The van der Waals surface area contributed by atoms with Gasteiger partial charge in [-0.05, 0) is 19.8 Å². The van der Waals surface area contributed by atoms with Crippen molar-refractivity contribution < 1.29 is 9.53 Å². The van der Waals surface area contributed by atoms with Crippen molar-refractivity contribution in [3.8, 4) is 0 Å². The van der Waals surface area contributed by atoms with Gasteiger partial charge in [0, 0.05) is 50.5 Å². The molecule has 0 bridgehead atoms. The summed E-state index contributed by atoms with van der Waals surface area (Å²) >= 11 is 1.70. The van der Waals surface area contributed by atoms with E-state index in [1.54, 1.807) is 11.3 Å². The van der Waals surface area contributed by atoms with E-state index >= 15 is 0 Å². The van der Waals surface area contributed by atoms with E-state index in [1.807, 2.05) is 11.1 Å². The van der Waals surface area contributed by atoms with E-state index in [0.717, 1.165) is 31.3 Å².